The molecule has 8 nitrogen and oxygen atoms in total. The summed E-state index contributed by atoms with van der Waals surface area (Å²) in [7, 11) is 0. The molecule has 1 aliphatic rings. The van der Waals surface area contributed by atoms with Crippen molar-refractivity contribution in [3.63, 3.8) is 0 Å². The number of H-pyrrole nitrogens is 1. The van der Waals surface area contributed by atoms with Crippen molar-refractivity contribution in [2.45, 2.75) is 31.2 Å². The van der Waals surface area contributed by atoms with Crippen LogP contribution in [0.15, 0.2) is 18.5 Å². The van der Waals surface area contributed by atoms with Crippen molar-refractivity contribution in [1.82, 2.24) is 29.9 Å². The van der Waals surface area contributed by atoms with Crippen LogP contribution in [0, 0.1) is 0 Å². The molecule has 3 heterocycles. The maximum Gasteiger partial charge on any atom is 0.404 e. The first-order valence-electron chi connectivity index (χ1n) is 6.89. The predicted octanol–water partition coefficient (Wildman–Crippen LogP) is 1.51. The van der Waals surface area contributed by atoms with E-state index >= 15 is 0 Å². The van der Waals surface area contributed by atoms with Crippen LogP contribution < -0.4 is 5.32 Å². The van der Waals surface area contributed by atoms with Gasteiger partial charge in [-0.05, 0) is 25.3 Å². The van der Waals surface area contributed by atoms with E-state index in [0.717, 1.165) is 36.3 Å². The maximum atomic E-state index is 10.7. The summed E-state index contributed by atoms with van der Waals surface area (Å²) in [5.41, 5.74) is 2.45. The first-order valence-corrected chi connectivity index (χ1v) is 6.89. The van der Waals surface area contributed by atoms with E-state index in [4.69, 9.17) is 5.11 Å². The lowest BCUT2D eigenvalue weighted by Gasteiger charge is -2.10. The highest BCUT2D eigenvalue weighted by molar-refractivity contribution is 5.74. The molecule has 3 aromatic rings. The zero-order valence-corrected chi connectivity index (χ0v) is 11.2. The van der Waals surface area contributed by atoms with Crippen LogP contribution in [0.5, 0.6) is 0 Å². The highest BCUT2D eigenvalue weighted by Crippen LogP contribution is 2.34. The van der Waals surface area contributed by atoms with E-state index in [9.17, 15) is 4.79 Å². The molecular formula is C13H14N6O2. The number of carbonyl (C=O) groups is 1. The van der Waals surface area contributed by atoms with Crippen molar-refractivity contribution in [2.75, 3.05) is 0 Å². The van der Waals surface area contributed by atoms with Crippen molar-refractivity contribution in [3.8, 4) is 0 Å². The van der Waals surface area contributed by atoms with Gasteiger partial charge in [0.25, 0.3) is 0 Å². The lowest BCUT2D eigenvalue weighted by molar-refractivity contribution is 0.190. The third-order valence-corrected chi connectivity index (χ3v) is 4.09. The molecule has 21 heavy (non-hydrogen) atoms. The van der Waals surface area contributed by atoms with Crippen molar-refractivity contribution in [1.29, 1.82) is 0 Å². The monoisotopic (exact) mass is 286 g/mol. The number of rotatable bonds is 2. The molecule has 2 atom stereocenters. The van der Waals surface area contributed by atoms with Gasteiger partial charge < -0.3 is 15.4 Å². The van der Waals surface area contributed by atoms with E-state index in [0.29, 0.717) is 5.65 Å². The minimum Gasteiger partial charge on any atom is -0.465 e. The summed E-state index contributed by atoms with van der Waals surface area (Å²) in [6, 6.07) is 1.94. The molecule has 0 aromatic carbocycles. The smallest absolute Gasteiger partial charge is 0.404 e. The molecule has 0 aliphatic heterocycles. The Labute approximate surface area is 119 Å². The highest BCUT2D eigenvalue weighted by atomic mass is 16.4. The predicted molar refractivity (Wildman–Crippen MR) is 74.2 cm³/mol. The van der Waals surface area contributed by atoms with Gasteiger partial charge in [-0.15, -0.1) is 10.2 Å². The van der Waals surface area contributed by atoms with Crippen LogP contribution in [-0.4, -0.2) is 41.8 Å². The van der Waals surface area contributed by atoms with Gasteiger partial charge in [0.2, 0.25) is 0 Å². The standard InChI is InChI=1S/C13H14N6O2/c20-13(21)16-8-2-1-7(5-8)12-18-17-10-6-15-11-9(19(10)12)3-4-14-11/h3-4,6-8,14,16H,1-2,5H2,(H,20,21)/t7-,8-/m0/s1. The molecule has 1 saturated carbocycles. The van der Waals surface area contributed by atoms with Crippen LogP contribution >= 0.6 is 0 Å². The molecule has 0 spiro atoms. The molecule has 8 heteroatoms. The molecule has 3 aromatic heterocycles. The second-order valence-electron chi connectivity index (χ2n) is 5.38. The van der Waals surface area contributed by atoms with Gasteiger partial charge in [-0.2, -0.15) is 0 Å². The number of nitrogens with one attached hydrogen (secondary N) is 2. The van der Waals surface area contributed by atoms with Gasteiger partial charge in [-0.25, -0.2) is 9.78 Å². The zero-order valence-electron chi connectivity index (χ0n) is 11.2. The van der Waals surface area contributed by atoms with Crippen LogP contribution in [0.2, 0.25) is 0 Å². The quantitative estimate of drug-likeness (QED) is 0.661. The van der Waals surface area contributed by atoms with E-state index in [1.54, 1.807) is 6.20 Å². The Balaban J connectivity index is 1.74. The maximum absolute atomic E-state index is 10.7. The Bertz CT molecular complexity index is 822. The Kier molecular flexibility index (Phi) is 2.56. The minimum atomic E-state index is -0.969. The third kappa shape index (κ3) is 1.91. The third-order valence-electron chi connectivity index (χ3n) is 4.09. The largest absolute Gasteiger partial charge is 0.465 e. The molecule has 1 fully saturated rings. The van der Waals surface area contributed by atoms with E-state index < -0.39 is 6.09 Å². The lowest BCUT2D eigenvalue weighted by Crippen LogP contribution is -2.31. The number of aromatic amines is 1. The number of nitrogens with zero attached hydrogens (tertiary/aromatic N) is 4. The van der Waals surface area contributed by atoms with Gasteiger partial charge in [0, 0.05) is 18.2 Å². The van der Waals surface area contributed by atoms with Crippen molar-refractivity contribution < 1.29 is 9.90 Å². The number of amides is 1. The summed E-state index contributed by atoms with van der Waals surface area (Å²) >= 11 is 0. The van der Waals surface area contributed by atoms with E-state index in [1.807, 2.05) is 16.7 Å². The van der Waals surface area contributed by atoms with Gasteiger partial charge in [0.05, 0.1) is 11.7 Å². The molecule has 0 bridgehead atoms. The molecule has 0 unspecified atom stereocenters. The molecular weight excluding hydrogens is 272 g/mol. The van der Waals surface area contributed by atoms with E-state index in [2.05, 4.69) is 25.5 Å². The first kappa shape index (κ1) is 12.1. The van der Waals surface area contributed by atoms with Gasteiger partial charge in [0.1, 0.15) is 5.82 Å². The van der Waals surface area contributed by atoms with E-state index in [1.165, 1.54) is 0 Å². The van der Waals surface area contributed by atoms with Crippen LogP contribution in [-0.2, 0) is 0 Å². The Morgan fingerprint density at radius 1 is 1.43 bits per heavy atom. The second-order valence-corrected chi connectivity index (χ2v) is 5.38. The van der Waals surface area contributed by atoms with Crippen molar-refractivity contribution in [2.24, 2.45) is 0 Å². The van der Waals surface area contributed by atoms with Crippen LogP contribution in [0.4, 0.5) is 4.79 Å². The van der Waals surface area contributed by atoms with Gasteiger partial charge in [-0.1, -0.05) is 0 Å². The zero-order chi connectivity index (χ0) is 14.4. The molecule has 0 radical (unpaired) electrons. The van der Waals surface area contributed by atoms with Crippen LogP contribution in [0.3, 0.4) is 0 Å². The summed E-state index contributed by atoms with van der Waals surface area (Å²) in [4.78, 5) is 18.1. The first-order chi connectivity index (χ1) is 10.2. The number of aromatic nitrogens is 5. The molecule has 1 amide bonds. The molecule has 0 saturated heterocycles. The Morgan fingerprint density at radius 2 is 2.33 bits per heavy atom. The number of carboxylic acid groups (broad SMARTS) is 1. The number of hydrogen-bond acceptors (Lipinski definition) is 4. The van der Waals surface area contributed by atoms with Crippen molar-refractivity contribution >= 4 is 22.9 Å². The molecule has 108 valence electrons. The lowest BCUT2D eigenvalue weighted by atomic mass is 10.1. The Morgan fingerprint density at radius 3 is 3.19 bits per heavy atom. The normalized spacial score (nSPS) is 22.1. The summed E-state index contributed by atoms with van der Waals surface area (Å²) < 4.78 is 2.01. The molecule has 3 N–H and O–H groups in total. The van der Waals surface area contributed by atoms with Crippen LogP contribution in [0.1, 0.15) is 31.0 Å². The summed E-state index contributed by atoms with van der Waals surface area (Å²) in [6.07, 6.45) is 5.04. The molecule has 4 rings (SSSR count). The minimum absolute atomic E-state index is 0.0107. The second kappa shape index (κ2) is 4.44. The summed E-state index contributed by atoms with van der Waals surface area (Å²) in [5, 5.41) is 19.9. The fourth-order valence-corrected chi connectivity index (χ4v) is 3.18. The van der Waals surface area contributed by atoms with E-state index in [-0.39, 0.29) is 12.0 Å². The molecule has 1 aliphatic carbocycles. The SMILES string of the molecule is O=C(O)N[C@H]1CC[C@H](c2nnc3cnc4[nH]ccc4n23)C1. The van der Waals surface area contributed by atoms with Gasteiger partial charge in [-0.3, -0.25) is 4.40 Å². The van der Waals surface area contributed by atoms with Gasteiger partial charge in [0.15, 0.2) is 11.3 Å². The topological polar surface area (TPSA) is 108 Å². The average molecular weight is 286 g/mol. The number of fused-ring (bicyclic) bond motifs is 3. The summed E-state index contributed by atoms with van der Waals surface area (Å²) in [5.74, 6) is 1.09. The fraction of sp³-hybridized carbons (Fsp3) is 0.385. The number of hydrogen-bond donors (Lipinski definition) is 3. The van der Waals surface area contributed by atoms with Gasteiger partial charge >= 0.3 is 6.09 Å². The average Bonchev–Trinajstić information content (AvgIpc) is 3.14. The Hall–Kier alpha value is -2.64. The fourth-order valence-electron chi connectivity index (χ4n) is 3.18. The summed E-state index contributed by atoms with van der Waals surface area (Å²) in [6.45, 7) is 0. The highest BCUT2D eigenvalue weighted by Gasteiger charge is 2.30. The van der Waals surface area contributed by atoms with Crippen LogP contribution in [0.25, 0.3) is 16.8 Å². The van der Waals surface area contributed by atoms with Crippen molar-refractivity contribution in [3.05, 3.63) is 24.3 Å².